The van der Waals surface area contributed by atoms with Crippen molar-refractivity contribution in [2.24, 2.45) is 11.7 Å². The second-order valence-corrected chi connectivity index (χ2v) is 4.04. The van der Waals surface area contributed by atoms with Crippen molar-refractivity contribution in [1.29, 1.82) is 0 Å². The second-order valence-electron chi connectivity index (χ2n) is 4.04. The predicted molar refractivity (Wildman–Crippen MR) is 62.7 cm³/mol. The normalized spacial score (nSPS) is 12.5. The summed E-state index contributed by atoms with van der Waals surface area (Å²) in [6.07, 6.45) is 0. The summed E-state index contributed by atoms with van der Waals surface area (Å²) in [5.41, 5.74) is 6.40. The number of hydrogen-bond acceptors (Lipinski definition) is 2. The van der Waals surface area contributed by atoms with Crippen LogP contribution in [0, 0.1) is 5.92 Å². The Morgan fingerprint density at radius 3 is 2.20 bits per heavy atom. The lowest BCUT2D eigenvalue weighted by Gasteiger charge is -2.30. The van der Waals surface area contributed by atoms with Crippen molar-refractivity contribution in [1.82, 2.24) is 0 Å². The molecule has 1 aromatic carbocycles. The van der Waals surface area contributed by atoms with E-state index in [-0.39, 0.29) is 17.9 Å². The number of hydrogen-bond donors (Lipinski definition) is 1. The Hall–Kier alpha value is -1.51. The van der Waals surface area contributed by atoms with E-state index in [1.54, 1.807) is 0 Å². The standard InChI is InChI=1S/C12H18N2O/c1-9(2)11(12(13)15)14(3)10-7-5-4-6-8-10/h4-9,11H,1-3H3,(H2,13,15). The third-order valence-electron chi connectivity index (χ3n) is 2.50. The third kappa shape index (κ3) is 2.72. The number of carbonyl (C=O) groups is 1. The zero-order valence-electron chi connectivity index (χ0n) is 9.47. The third-order valence-corrected chi connectivity index (χ3v) is 2.50. The van der Waals surface area contributed by atoms with Crippen molar-refractivity contribution in [3.8, 4) is 0 Å². The Kier molecular flexibility index (Phi) is 3.72. The van der Waals surface area contributed by atoms with Gasteiger partial charge in [-0.25, -0.2) is 0 Å². The van der Waals surface area contributed by atoms with E-state index in [1.807, 2.05) is 56.1 Å². The maximum atomic E-state index is 11.3. The van der Waals surface area contributed by atoms with E-state index in [0.29, 0.717) is 0 Å². The van der Waals surface area contributed by atoms with E-state index in [0.717, 1.165) is 5.69 Å². The molecular formula is C12H18N2O. The monoisotopic (exact) mass is 206 g/mol. The molecule has 0 aromatic heterocycles. The molecule has 0 aliphatic heterocycles. The van der Waals surface area contributed by atoms with E-state index < -0.39 is 0 Å². The molecule has 2 N–H and O–H groups in total. The van der Waals surface area contributed by atoms with Crippen LogP contribution >= 0.6 is 0 Å². The number of primary amides is 1. The van der Waals surface area contributed by atoms with Crippen LogP contribution in [-0.4, -0.2) is 19.0 Å². The smallest absolute Gasteiger partial charge is 0.240 e. The Labute approximate surface area is 90.9 Å². The molecule has 3 nitrogen and oxygen atoms in total. The summed E-state index contributed by atoms with van der Waals surface area (Å²) >= 11 is 0. The number of likely N-dealkylation sites (N-methyl/N-ethyl adjacent to an activating group) is 1. The Bertz CT molecular complexity index is 322. The molecule has 0 heterocycles. The number of carbonyl (C=O) groups excluding carboxylic acids is 1. The van der Waals surface area contributed by atoms with Gasteiger partial charge in [-0.2, -0.15) is 0 Å². The lowest BCUT2D eigenvalue weighted by Crippen LogP contribution is -2.46. The maximum absolute atomic E-state index is 11.3. The van der Waals surface area contributed by atoms with E-state index in [2.05, 4.69) is 0 Å². The predicted octanol–water partition coefficient (Wildman–Crippen LogP) is 1.63. The average Bonchev–Trinajstić information content (AvgIpc) is 2.18. The van der Waals surface area contributed by atoms with E-state index in [4.69, 9.17) is 5.73 Å². The molecule has 0 fully saturated rings. The van der Waals surface area contributed by atoms with Crippen LogP contribution in [0.3, 0.4) is 0 Å². The average molecular weight is 206 g/mol. The quantitative estimate of drug-likeness (QED) is 0.814. The van der Waals surface area contributed by atoms with Crippen molar-refractivity contribution in [2.45, 2.75) is 19.9 Å². The SMILES string of the molecule is CC(C)C(C(N)=O)N(C)c1ccccc1. The molecule has 3 heteroatoms. The molecule has 1 unspecified atom stereocenters. The van der Waals surface area contributed by atoms with Crippen LogP contribution in [0.15, 0.2) is 30.3 Å². The summed E-state index contributed by atoms with van der Waals surface area (Å²) in [6, 6.07) is 9.53. The highest BCUT2D eigenvalue weighted by Crippen LogP contribution is 2.18. The van der Waals surface area contributed by atoms with Crippen molar-refractivity contribution < 1.29 is 4.79 Å². The maximum Gasteiger partial charge on any atom is 0.240 e. The van der Waals surface area contributed by atoms with Crippen LogP contribution in [0.2, 0.25) is 0 Å². The number of benzene rings is 1. The fourth-order valence-electron chi connectivity index (χ4n) is 1.79. The fraction of sp³-hybridized carbons (Fsp3) is 0.417. The summed E-state index contributed by atoms with van der Waals surface area (Å²) < 4.78 is 0. The number of amides is 1. The molecule has 0 spiro atoms. The Balaban J connectivity index is 2.91. The summed E-state index contributed by atoms with van der Waals surface area (Å²) in [6.45, 7) is 3.99. The van der Waals surface area contributed by atoms with Gasteiger partial charge in [0.2, 0.25) is 5.91 Å². The van der Waals surface area contributed by atoms with Gasteiger partial charge >= 0.3 is 0 Å². The molecule has 82 valence electrons. The van der Waals surface area contributed by atoms with Crippen molar-refractivity contribution in [3.05, 3.63) is 30.3 Å². The summed E-state index contributed by atoms with van der Waals surface area (Å²) in [4.78, 5) is 13.3. The molecule has 1 amide bonds. The minimum Gasteiger partial charge on any atom is -0.368 e. The van der Waals surface area contributed by atoms with Gasteiger partial charge in [0, 0.05) is 12.7 Å². The van der Waals surface area contributed by atoms with Crippen LogP contribution in [0.1, 0.15) is 13.8 Å². The molecule has 0 saturated heterocycles. The van der Waals surface area contributed by atoms with Gasteiger partial charge < -0.3 is 10.6 Å². The first-order chi connectivity index (χ1) is 7.04. The van der Waals surface area contributed by atoms with Crippen molar-refractivity contribution in [3.63, 3.8) is 0 Å². The molecule has 0 aliphatic rings. The first kappa shape index (κ1) is 11.6. The number of rotatable bonds is 4. The van der Waals surface area contributed by atoms with Crippen molar-refractivity contribution in [2.75, 3.05) is 11.9 Å². The number of anilines is 1. The molecule has 0 bridgehead atoms. The Morgan fingerprint density at radius 1 is 1.27 bits per heavy atom. The lowest BCUT2D eigenvalue weighted by atomic mass is 10.0. The molecular weight excluding hydrogens is 188 g/mol. The zero-order valence-corrected chi connectivity index (χ0v) is 9.47. The summed E-state index contributed by atoms with van der Waals surface area (Å²) in [5, 5.41) is 0. The largest absolute Gasteiger partial charge is 0.368 e. The molecule has 0 aliphatic carbocycles. The van der Waals surface area contributed by atoms with E-state index in [1.165, 1.54) is 0 Å². The van der Waals surface area contributed by atoms with Gasteiger partial charge in [-0.3, -0.25) is 4.79 Å². The first-order valence-corrected chi connectivity index (χ1v) is 5.11. The number of nitrogens with two attached hydrogens (primary N) is 1. The van der Waals surface area contributed by atoms with Crippen LogP contribution in [0.25, 0.3) is 0 Å². The molecule has 1 aromatic rings. The molecule has 15 heavy (non-hydrogen) atoms. The van der Waals surface area contributed by atoms with Gasteiger partial charge in [0.25, 0.3) is 0 Å². The van der Waals surface area contributed by atoms with Gasteiger partial charge in [-0.1, -0.05) is 32.0 Å². The summed E-state index contributed by atoms with van der Waals surface area (Å²) in [7, 11) is 1.89. The first-order valence-electron chi connectivity index (χ1n) is 5.11. The van der Waals surface area contributed by atoms with Crippen molar-refractivity contribution >= 4 is 11.6 Å². The van der Waals surface area contributed by atoms with Gasteiger partial charge in [-0.15, -0.1) is 0 Å². The molecule has 0 radical (unpaired) electrons. The molecule has 1 rings (SSSR count). The molecule has 0 saturated carbocycles. The topological polar surface area (TPSA) is 46.3 Å². The van der Waals surface area contributed by atoms with E-state index >= 15 is 0 Å². The lowest BCUT2D eigenvalue weighted by molar-refractivity contribution is -0.120. The number of para-hydroxylation sites is 1. The fourth-order valence-corrected chi connectivity index (χ4v) is 1.79. The van der Waals surface area contributed by atoms with Gasteiger partial charge in [0.15, 0.2) is 0 Å². The highest BCUT2D eigenvalue weighted by molar-refractivity contribution is 5.83. The number of nitrogens with zero attached hydrogens (tertiary/aromatic N) is 1. The van der Waals surface area contributed by atoms with Gasteiger partial charge in [-0.05, 0) is 18.1 Å². The van der Waals surface area contributed by atoms with Crippen LogP contribution in [0.5, 0.6) is 0 Å². The van der Waals surface area contributed by atoms with Crippen LogP contribution in [0.4, 0.5) is 5.69 Å². The highest BCUT2D eigenvalue weighted by Gasteiger charge is 2.24. The summed E-state index contributed by atoms with van der Waals surface area (Å²) in [5.74, 6) is -0.0796. The van der Waals surface area contributed by atoms with Crippen LogP contribution in [-0.2, 0) is 4.79 Å². The van der Waals surface area contributed by atoms with Crippen LogP contribution < -0.4 is 10.6 Å². The minimum absolute atomic E-state index is 0.202. The molecule has 1 atom stereocenters. The van der Waals surface area contributed by atoms with Gasteiger partial charge in [0.05, 0.1) is 0 Å². The van der Waals surface area contributed by atoms with Gasteiger partial charge in [0.1, 0.15) is 6.04 Å². The zero-order chi connectivity index (χ0) is 11.4. The Morgan fingerprint density at radius 2 is 1.80 bits per heavy atom. The second kappa shape index (κ2) is 4.82. The minimum atomic E-state index is -0.281. The van der Waals surface area contributed by atoms with E-state index in [9.17, 15) is 4.79 Å². The highest BCUT2D eigenvalue weighted by atomic mass is 16.1.